The zero-order chi connectivity index (χ0) is 16.0. The van der Waals surface area contributed by atoms with Crippen LogP contribution in [0.3, 0.4) is 0 Å². The highest BCUT2D eigenvalue weighted by atomic mass is 35.5. The number of hydrogen-bond donors (Lipinski definition) is 1. The molecular formula is C16H17ClFN5. The highest BCUT2D eigenvalue weighted by Crippen LogP contribution is 2.28. The van der Waals surface area contributed by atoms with E-state index in [-0.39, 0.29) is 0 Å². The fourth-order valence-electron chi connectivity index (χ4n) is 3.03. The molecule has 0 bridgehead atoms. The van der Waals surface area contributed by atoms with Crippen molar-refractivity contribution in [1.29, 1.82) is 0 Å². The fraction of sp³-hybridized carbons (Fsp3) is 0.375. The highest BCUT2D eigenvalue weighted by Gasteiger charge is 2.20. The van der Waals surface area contributed by atoms with Crippen molar-refractivity contribution in [2.24, 2.45) is 0 Å². The van der Waals surface area contributed by atoms with E-state index in [1.54, 1.807) is 6.07 Å². The number of anilines is 1. The monoisotopic (exact) mass is 333 g/mol. The van der Waals surface area contributed by atoms with E-state index in [1.165, 1.54) is 6.07 Å². The molecular weight excluding hydrogens is 317 g/mol. The topological polar surface area (TPSA) is 45.5 Å². The summed E-state index contributed by atoms with van der Waals surface area (Å²) in [7, 11) is 0. The Hall–Kier alpha value is -1.92. The average Bonchev–Trinajstić information content (AvgIpc) is 3.00. The molecule has 1 aliphatic heterocycles. The molecule has 0 saturated carbocycles. The van der Waals surface area contributed by atoms with Gasteiger partial charge in [0, 0.05) is 37.4 Å². The van der Waals surface area contributed by atoms with Gasteiger partial charge in [-0.05, 0) is 18.6 Å². The fourth-order valence-corrected chi connectivity index (χ4v) is 3.23. The summed E-state index contributed by atoms with van der Waals surface area (Å²) in [6.45, 7) is 5.48. The number of fused-ring (bicyclic) bond motifs is 3. The maximum Gasteiger partial charge on any atom is 0.181 e. The molecule has 1 saturated heterocycles. The molecule has 1 N–H and O–H groups in total. The lowest BCUT2D eigenvalue weighted by molar-refractivity contribution is 0.585. The van der Waals surface area contributed by atoms with Crippen LogP contribution >= 0.6 is 11.6 Å². The number of imidazole rings is 1. The molecule has 1 aromatic carbocycles. The van der Waals surface area contributed by atoms with Crippen LogP contribution in [0.15, 0.2) is 18.3 Å². The summed E-state index contributed by atoms with van der Waals surface area (Å²) >= 11 is 6.03. The lowest BCUT2D eigenvalue weighted by atomic mass is 10.2. The van der Waals surface area contributed by atoms with Gasteiger partial charge in [0.2, 0.25) is 0 Å². The Kier molecular flexibility index (Phi) is 3.58. The predicted molar refractivity (Wildman–Crippen MR) is 89.9 cm³/mol. The Labute approximate surface area is 138 Å². The molecule has 4 rings (SSSR count). The number of hydrogen-bond acceptors (Lipinski definition) is 4. The molecule has 1 aliphatic rings. The van der Waals surface area contributed by atoms with Crippen LogP contribution in [0.25, 0.3) is 16.7 Å². The molecule has 0 radical (unpaired) electrons. The standard InChI is InChI=1S/C16H17ClFN5/c1-2-11-9-23-13-8-10(17)7-12(18)14(13)21-15(16(23)20-11)22-5-3-19-4-6-22/h7-9,19H,2-6H2,1H3. The van der Waals surface area contributed by atoms with E-state index in [9.17, 15) is 4.39 Å². The molecule has 0 unspecified atom stereocenters. The van der Waals surface area contributed by atoms with Crippen molar-refractivity contribution in [2.45, 2.75) is 13.3 Å². The van der Waals surface area contributed by atoms with Crippen molar-refractivity contribution in [3.8, 4) is 0 Å². The number of nitrogens with zero attached hydrogens (tertiary/aromatic N) is 4. The molecule has 3 heterocycles. The summed E-state index contributed by atoms with van der Waals surface area (Å²) < 4.78 is 16.3. The molecule has 3 aromatic rings. The summed E-state index contributed by atoms with van der Waals surface area (Å²) in [6.07, 6.45) is 2.76. The van der Waals surface area contributed by atoms with Crippen molar-refractivity contribution < 1.29 is 4.39 Å². The molecule has 7 heteroatoms. The lowest BCUT2D eigenvalue weighted by Gasteiger charge is -2.28. The zero-order valence-corrected chi connectivity index (χ0v) is 13.6. The van der Waals surface area contributed by atoms with E-state index in [1.807, 2.05) is 10.6 Å². The molecule has 1 fully saturated rings. The minimum atomic E-state index is -0.405. The van der Waals surface area contributed by atoms with Gasteiger partial charge in [0.1, 0.15) is 5.52 Å². The molecule has 0 atom stereocenters. The Morgan fingerprint density at radius 2 is 2.04 bits per heavy atom. The van der Waals surface area contributed by atoms with Gasteiger partial charge in [0.05, 0.1) is 11.2 Å². The molecule has 23 heavy (non-hydrogen) atoms. The third kappa shape index (κ3) is 2.42. The Bertz CT molecular complexity index is 885. The largest absolute Gasteiger partial charge is 0.351 e. The van der Waals surface area contributed by atoms with Crippen LogP contribution in [-0.4, -0.2) is 40.5 Å². The maximum atomic E-state index is 14.4. The van der Waals surface area contributed by atoms with Gasteiger partial charge >= 0.3 is 0 Å². The van der Waals surface area contributed by atoms with Crippen molar-refractivity contribution in [1.82, 2.24) is 19.7 Å². The van der Waals surface area contributed by atoms with Crippen LogP contribution in [0.4, 0.5) is 10.2 Å². The van der Waals surface area contributed by atoms with E-state index >= 15 is 0 Å². The summed E-state index contributed by atoms with van der Waals surface area (Å²) in [4.78, 5) is 11.4. The molecule has 120 valence electrons. The van der Waals surface area contributed by atoms with Crippen LogP contribution in [0.2, 0.25) is 5.02 Å². The first-order chi connectivity index (χ1) is 11.2. The molecule has 0 spiro atoms. The maximum absolute atomic E-state index is 14.4. The third-order valence-corrected chi connectivity index (χ3v) is 4.44. The smallest absolute Gasteiger partial charge is 0.181 e. The number of benzene rings is 1. The predicted octanol–water partition coefficient (Wildman–Crippen LogP) is 2.65. The van der Waals surface area contributed by atoms with Crippen molar-refractivity contribution in [3.05, 3.63) is 34.9 Å². The first kappa shape index (κ1) is 14.7. The van der Waals surface area contributed by atoms with Gasteiger partial charge in [-0.3, -0.25) is 4.40 Å². The average molecular weight is 334 g/mol. The molecule has 2 aromatic heterocycles. The molecule has 5 nitrogen and oxygen atoms in total. The number of nitrogens with one attached hydrogen (secondary N) is 1. The first-order valence-corrected chi connectivity index (χ1v) is 8.17. The van der Waals surface area contributed by atoms with Gasteiger partial charge in [0.25, 0.3) is 0 Å². The number of aromatic nitrogens is 3. The van der Waals surface area contributed by atoms with Crippen LogP contribution in [0, 0.1) is 5.82 Å². The summed E-state index contributed by atoms with van der Waals surface area (Å²) in [5, 5.41) is 3.68. The second-order valence-electron chi connectivity index (χ2n) is 5.71. The summed E-state index contributed by atoms with van der Waals surface area (Å²) in [5.74, 6) is 0.331. The van der Waals surface area contributed by atoms with Gasteiger partial charge in [-0.1, -0.05) is 18.5 Å². The van der Waals surface area contributed by atoms with Gasteiger partial charge in [0.15, 0.2) is 17.3 Å². The minimum Gasteiger partial charge on any atom is -0.351 e. The Morgan fingerprint density at radius 1 is 1.26 bits per heavy atom. The van der Waals surface area contributed by atoms with E-state index in [2.05, 4.69) is 27.1 Å². The number of halogens is 2. The second-order valence-corrected chi connectivity index (χ2v) is 6.14. The van der Waals surface area contributed by atoms with Gasteiger partial charge in [-0.25, -0.2) is 14.4 Å². The highest BCUT2D eigenvalue weighted by molar-refractivity contribution is 6.31. The van der Waals surface area contributed by atoms with Crippen LogP contribution in [0.5, 0.6) is 0 Å². The van der Waals surface area contributed by atoms with Crippen molar-refractivity contribution in [3.63, 3.8) is 0 Å². The summed E-state index contributed by atoms with van der Waals surface area (Å²) in [6, 6.07) is 3.05. The Morgan fingerprint density at radius 3 is 2.78 bits per heavy atom. The van der Waals surface area contributed by atoms with Gasteiger partial charge in [-0.2, -0.15) is 0 Å². The summed E-state index contributed by atoms with van der Waals surface area (Å²) in [5.41, 5.74) is 2.69. The van der Waals surface area contributed by atoms with Crippen LogP contribution in [0.1, 0.15) is 12.6 Å². The lowest BCUT2D eigenvalue weighted by Crippen LogP contribution is -2.44. The van der Waals surface area contributed by atoms with Crippen LogP contribution < -0.4 is 10.2 Å². The normalized spacial score (nSPS) is 15.7. The second kappa shape index (κ2) is 5.62. The minimum absolute atomic E-state index is 0.329. The molecule has 0 amide bonds. The van der Waals surface area contributed by atoms with Crippen molar-refractivity contribution >= 4 is 34.1 Å². The van der Waals surface area contributed by atoms with Gasteiger partial charge in [-0.15, -0.1) is 0 Å². The number of aryl methyl sites for hydroxylation is 1. The zero-order valence-electron chi connectivity index (χ0n) is 12.8. The molecule has 0 aliphatic carbocycles. The quantitative estimate of drug-likeness (QED) is 0.783. The van der Waals surface area contributed by atoms with Crippen molar-refractivity contribution in [2.75, 3.05) is 31.1 Å². The Balaban J connectivity index is 2.05. The van der Waals surface area contributed by atoms with Crippen LogP contribution in [-0.2, 0) is 6.42 Å². The third-order valence-electron chi connectivity index (χ3n) is 4.22. The SMILES string of the molecule is CCc1cn2c(n1)c(N1CCNCC1)nc1c(F)cc(Cl)cc12. The number of rotatable bonds is 2. The van der Waals surface area contributed by atoms with E-state index in [0.717, 1.165) is 49.8 Å². The number of piperazine rings is 1. The van der Waals surface area contributed by atoms with E-state index in [0.29, 0.717) is 16.1 Å². The van der Waals surface area contributed by atoms with Gasteiger partial charge < -0.3 is 10.2 Å². The van der Waals surface area contributed by atoms with E-state index < -0.39 is 5.82 Å². The van der Waals surface area contributed by atoms with E-state index in [4.69, 9.17) is 11.6 Å². The first-order valence-electron chi connectivity index (χ1n) is 7.80.